The van der Waals surface area contributed by atoms with Gasteiger partial charge in [-0.3, -0.25) is 0 Å². The maximum absolute atomic E-state index is 8.74. The fraction of sp³-hybridized carbons (Fsp3) is 0.364. The molecular weight excluding hydrogens is 178 g/mol. The third kappa shape index (κ3) is 3.52. The highest BCUT2D eigenvalue weighted by atomic mass is 32.2. The Labute approximate surface area is 83.8 Å². The van der Waals surface area contributed by atoms with Crippen LogP contribution in [0.15, 0.2) is 35.2 Å². The van der Waals surface area contributed by atoms with E-state index < -0.39 is 0 Å². The van der Waals surface area contributed by atoms with E-state index in [4.69, 9.17) is 5.26 Å². The van der Waals surface area contributed by atoms with Gasteiger partial charge >= 0.3 is 0 Å². The van der Waals surface area contributed by atoms with Gasteiger partial charge < -0.3 is 0 Å². The molecule has 0 bridgehead atoms. The van der Waals surface area contributed by atoms with Gasteiger partial charge in [-0.15, -0.1) is 11.8 Å². The lowest BCUT2D eigenvalue weighted by Crippen LogP contribution is -1.97. The molecule has 13 heavy (non-hydrogen) atoms. The Hall–Kier alpha value is -0.940. The zero-order valence-corrected chi connectivity index (χ0v) is 8.55. The third-order valence-electron chi connectivity index (χ3n) is 1.87. The van der Waals surface area contributed by atoms with E-state index in [2.05, 4.69) is 25.1 Å². The first-order valence-electron chi connectivity index (χ1n) is 4.44. The minimum absolute atomic E-state index is 0.185. The van der Waals surface area contributed by atoms with E-state index in [9.17, 15) is 0 Å². The molecule has 0 spiro atoms. The molecule has 1 unspecified atom stereocenters. The second-order valence-electron chi connectivity index (χ2n) is 2.86. The number of thioether (sulfide) groups is 1. The van der Waals surface area contributed by atoms with E-state index in [-0.39, 0.29) is 5.92 Å². The van der Waals surface area contributed by atoms with E-state index in [1.807, 2.05) is 18.2 Å². The number of nitriles is 1. The van der Waals surface area contributed by atoms with Gasteiger partial charge in [0, 0.05) is 10.6 Å². The molecule has 0 aliphatic carbocycles. The minimum atomic E-state index is 0.185. The van der Waals surface area contributed by atoms with Gasteiger partial charge in [0.25, 0.3) is 0 Å². The van der Waals surface area contributed by atoms with Gasteiger partial charge in [-0.1, -0.05) is 25.1 Å². The van der Waals surface area contributed by atoms with E-state index in [1.165, 1.54) is 4.90 Å². The van der Waals surface area contributed by atoms with Crippen LogP contribution in [0.1, 0.15) is 13.3 Å². The molecule has 0 aliphatic heterocycles. The largest absolute Gasteiger partial charge is 0.198 e. The highest BCUT2D eigenvalue weighted by Gasteiger charge is 2.04. The molecule has 1 aromatic rings. The predicted molar refractivity (Wildman–Crippen MR) is 56.6 cm³/mol. The van der Waals surface area contributed by atoms with Gasteiger partial charge in [-0.05, 0) is 18.6 Å². The fourth-order valence-electron chi connectivity index (χ4n) is 0.960. The van der Waals surface area contributed by atoms with Gasteiger partial charge in [-0.25, -0.2) is 0 Å². The second-order valence-corrected chi connectivity index (χ2v) is 3.95. The summed E-state index contributed by atoms with van der Waals surface area (Å²) in [4.78, 5) is 1.25. The summed E-state index contributed by atoms with van der Waals surface area (Å²) in [7, 11) is 0. The standard InChI is InChI=1S/C11H13NS/c1-2-10(8-12)9-13-11-6-4-3-5-7-11/h3-7,10H,2,9H2,1H3. The first-order valence-corrected chi connectivity index (χ1v) is 5.42. The molecule has 0 saturated heterocycles. The van der Waals surface area contributed by atoms with Gasteiger partial charge in [0.15, 0.2) is 0 Å². The van der Waals surface area contributed by atoms with Crippen molar-refractivity contribution >= 4 is 11.8 Å². The lowest BCUT2D eigenvalue weighted by atomic mass is 10.1. The number of hydrogen-bond donors (Lipinski definition) is 0. The monoisotopic (exact) mass is 191 g/mol. The van der Waals surface area contributed by atoms with Crippen molar-refractivity contribution in [1.82, 2.24) is 0 Å². The highest BCUT2D eigenvalue weighted by molar-refractivity contribution is 7.99. The summed E-state index contributed by atoms with van der Waals surface area (Å²) in [6, 6.07) is 12.5. The predicted octanol–water partition coefficient (Wildman–Crippen LogP) is 3.33. The van der Waals surface area contributed by atoms with Crippen molar-refractivity contribution < 1.29 is 0 Å². The van der Waals surface area contributed by atoms with Crippen LogP contribution < -0.4 is 0 Å². The van der Waals surface area contributed by atoms with E-state index >= 15 is 0 Å². The molecule has 2 heteroatoms. The molecule has 0 saturated carbocycles. The van der Waals surface area contributed by atoms with Gasteiger partial charge in [0.05, 0.1) is 12.0 Å². The molecule has 0 aliphatic rings. The summed E-state index contributed by atoms with van der Waals surface area (Å²) in [6.45, 7) is 2.06. The average Bonchev–Trinajstić information content (AvgIpc) is 2.21. The Balaban J connectivity index is 2.40. The quantitative estimate of drug-likeness (QED) is 0.682. The van der Waals surface area contributed by atoms with E-state index in [0.29, 0.717) is 0 Å². The Kier molecular flexibility index (Phi) is 4.42. The Morgan fingerprint density at radius 1 is 1.38 bits per heavy atom. The summed E-state index contributed by atoms with van der Waals surface area (Å²) in [6.07, 6.45) is 0.941. The van der Waals surface area contributed by atoms with Crippen molar-refractivity contribution in [1.29, 1.82) is 5.26 Å². The first-order chi connectivity index (χ1) is 6.36. The highest BCUT2D eigenvalue weighted by Crippen LogP contribution is 2.20. The van der Waals surface area contributed by atoms with Crippen LogP contribution in [0.2, 0.25) is 0 Å². The Morgan fingerprint density at radius 2 is 2.08 bits per heavy atom. The van der Waals surface area contributed by atoms with Crippen molar-refractivity contribution in [3.05, 3.63) is 30.3 Å². The normalized spacial score (nSPS) is 12.0. The molecular formula is C11H13NS. The molecule has 0 amide bonds. The molecule has 68 valence electrons. The maximum atomic E-state index is 8.74. The van der Waals surface area contributed by atoms with Crippen LogP contribution in [0.3, 0.4) is 0 Å². The smallest absolute Gasteiger partial charge is 0.0664 e. The summed E-state index contributed by atoms with van der Waals surface area (Å²) >= 11 is 1.76. The third-order valence-corrected chi connectivity index (χ3v) is 3.04. The summed E-state index contributed by atoms with van der Waals surface area (Å²) in [5.74, 6) is 1.09. The van der Waals surface area contributed by atoms with E-state index in [1.54, 1.807) is 11.8 Å². The van der Waals surface area contributed by atoms with Crippen LogP contribution in [0.4, 0.5) is 0 Å². The molecule has 1 aromatic carbocycles. The molecule has 0 heterocycles. The van der Waals surface area contributed by atoms with Crippen LogP contribution in [-0.2, 0) is 0 Å². The second kappa shape index (κ2) is 5.66. The molecule has 0 radical (unpaired) electrons. The molecule has 0 fully saturated rings. The zero-order chi connectivity index (χ0) is 9.52. The number of benzene rings is 1. The van der Waals surface area contributed by atoms with Crippen molar-refractivity contribution in [2.24, 2.45) is 5.92 Å². The lowest BCUT2D eigenvalue weighted by Gasteiger charge is -2.04. The van der Waals surface area contributed by atoms with Gasteiger partial charge in [0.2, 0.25) is 0 Å². The summed E-state index contributed by atoms with van der Waals surface area (Å²) < 4.78 is 0. The maximum Gasteiger partial charge on any atom is 0.0664 e. The summed E-state index contributed by atoms with van der Waals surface area (Å²) in [5.41, 5.74) is 0. The van der Waals surface area contributed by atoms with Crippen molar-refractivity contribution in [2.45, 2.75) is 18.2 Å². The minimum Gasteiger partial charge on any atom is -0.198 e. The van der Waals surface area contributed by atoms with E-state index in [0.717, 1.165) is 12.2 Å². The van der Waals surface area contributed by atoms with Crippen LogP contribution in [0.25, 0.3) is 0 Å². The molecule has 1 atom stereocenters. The fourth-order valence-corrected chi connectivity index (χ4v) is 2.01. The number of rotatable bonds is 4. The summed E-state index contributed by atoms with van der Waals surface area (Å²) in [5, 5.41) is 8.74. The Morgan fingerprint density at radius 3 is 2.62 bits per heavy atom. The molecule has 0 aromatic heterocycles. The van der Waals surface area contributed by atoms with Crippen LogP contribution in [0, 0.1) is 17.2 Å². The van der Waals surface area contributed by atoms with Crippen molar-refractivity contribution in [3.63, 3.8) is 0 Å². The topological polar surface area (TPSA) is 23.8 Å². The number of hydrogen-bond acceptors (Lipinski definition) is 2. The SMILES string of the molecule is CCC(C#N)CSc1ccccc1. The zero-order valence-electron chi connectivity index (χ0n) is 7.73. The van der Waals surface area contributed by atoms with Crippen LogP contribution in [-0.4, -0.2) is 5.75 Å². The van der Waals surface area contributed by atoms with Gasteiger partial charge in [-0.2, -0.15) is 5.26 Å². The van der Waals surface area contributed by atoms with Crippen molar-refractivity contribution in [3.8, 4) is 6.07 Å². The average molecular weight is 191 g/mol. The Bertz CT molecular complexity index is 276. The molecule has 1 nitrogen and oxygen atoms in total. The van der Waals surface area contributed by atoms with Gasteiger partial charge in [0.1, 0.15) is 0 Å². The van der Waals surface area contributed by atoms with Crippen LogP contribution >= 0.6 is 11.8 Å². The molecule has 0 N–H and O–H groups in total. The number of nitrogens with zero attached hydrogens (tertiary/aromatic N) is 1. The van der Waals surface area contributed by atoms with Crippen molar-refractivity contribution in [2.75, 3.05) is 5.75 Å². The van der Waals surface area contributed by atoms with Crippen LogP contribution in [0.5, 0.6) is 0 Å². The molecule has 1 rings (SSSR count). The lowest BCUT2D eigenvalue weighted by molar-refractivity contribution is 0.724. The first kappa shape index (κ1) is 10.1.